The third-order valence-corrected chi connectivity index (χ3v) is 3.07. The quantitative estimate of drug-likeness (QED) is 0.867. The number of aryl methyl sites for hydroxylation is 1. The van der Waals surface area contributed by atoms with E-state index in [-0.39, 0.29) is 0 Å². The summed E-state index contributed by atoms with van der Waals surface area (Å²) in [5, 5.41) is 3.98. The molecule has 2 N–H and O–H groups in total. The Bertz CT molecular complexity index is 552. The summed E-state index contributed by atoms with van der Waals surface area (Å²) >= 11 is 0. The van der Waals surface area contributed by atoms with Gasteiger partial charge in [-0.25, -0.2) is 9.97 Å². The van der Waals surface area contributed by atoms with Gasteiger partial charge in [-0.15, -0.1) is 0 Å². The summed E-state index contributed by atoms with van der Waals surface area (Å²) in [6.07, 6.45) is 3.46. The average Bonchev–Trinajstić information content (AvgIpc) is 2.86. The molecular formula is C14H21N5O. The lowest BCUT2D eigenvalue weighted by Gasteiger charge is -2.14. The van der Waals surface area contributed by atoms with E-state index in [0.717, 1.165) is 6.42 Å². The summed E-state index contributed by atoms with van der Waals surface area (Å²) in [5.74, 6) is 2.79. The molecule has 0 aromatic carbocycles. The molecule has 20 heavy (non-hydrogen) atoms. The first-order valence-corrected chi connectivity index (χ1v) is 6.91. The molecule has 2 aromatic rings. The van der Waals surface area contributed by atoms with Gasteiger partial charge in [-0.2, -0.15) is 4.98 Å². The summed E-state index contributed by atoms with van der Waals surface area (Å²) in [5.41, 5.74) is 6.48. The van der Waals surface area contributed by atoms with E-state index in [2.05, 4.69) is 34.0 Å². The number of aromatic nitrogens is 4. The van der Waals surface area contributed by atoms with Crippen molar-refractivity contribution in [1.82, 2.24) is 20.1 Å². The maximum atomic E-state index is 5.80. The Morgan fingerprint density at radius 2 is 2.10 bits per heavy atom. The summed E-state index contributed by atoms with van der Waals surface area (Å²) in [6.45, 7) is 6.83. The zero-order valence-electron chi connectivity index (χ0n) is 12.2. The molecule has 108 valence electrons. The molecule has 6 heteroatoms. The van der Waals surface area contributed by atoms with Crippen LogP contribution < -0.4 is 5.73 Å². The van der Waals surface area contributed by atoms with Gasteiger partial charge in [0.1, 0.15) is 11.5 Å². The molecule has 2 rings (SSSR count). The molecule has 2 heterocycles. The molecule has 0 aliphatic carbocycles. The van der Waals surface area contributed by atoms with Crippen LogP contribution in [0.25, 0.3) is 11.5 Å². The topological polar surface area (TPSA) is 90.7 Å². The molecule has 0 aliphatic rings. The standard InChI is InChI=1S/C14H21N5O/c1-9(2)6-11(8-15)7-13-18-14(19-20-13)12-4-5-16-10(3)17-12/h4-5,9,11H,6-8,15H2,1-3H3/t11-/m0/s1. The average molecular weight is 275 g/mol. The van der Waals surface area contributed by atoms with E-state index in [4.69, 9.17) is 10.3 Å². The van der Waals surface area contributed by atoms with Crippen molar-refractivity contribution in [2.75, 3.05) is 6.54 Å². The van der Waals surface area contributed by atoms with Crippen molar-refractivity contribution in [2.45, 2.75) is 33.6 Å². The molecule has 1 atom stereocenters. The van der Waals surface area contributed by atoms with Gasteiger partial charge in [-0.3, -0.25) is 0 Å². The molecule has 0 saturated heterocycles. The monoisotopic (exact) mass is 275 g/mol. The van der Waals surface area contributed by atoms with Gasteiger partial charge in [-0.05, 0) is 37.8 Å². The van der Waals surface area contributed by atoms with Crippen LogP contribution in [0.3, 0.4) is 0 Å². The molecule has 0 fully saturated rings. The second-order valence-electron chi connectivity index (χ2n) is 5.44. The number of hydrogen-bond donors (Lipinski definition) is 1. The molecule has 0 amide bonds. The zero-order chi connectivity index (χ0) is 14.5. The summed E-state index contributed by atoms with van der Waals surface area (Å²) in [4.78, 5) is 12.7. The van der Waals surface area contributed by atoms with Gasteiger partial charge >= 0.3 is 0 Å². The molecule has 0 bridgehead atoms. The van der Waals surface area contributed by atoms with E-state index >= 15 is 0 Å². The fourth-order valence-electron chi connectivity index (χ4n) is 2.20. The van der Waals surface area contributed by atoms with Crippen molar-refractivity contribution in [3.8, 4) is 11.5 Å². The Morgan fingerprint density at radius 1 is 1.30 bits per heavy atom. The first-order valence-electron chi connectivity index (χ1n) is 6.91. The summed E-state index contributed by atoms with van der Waals surface area (Å²) in [6, 6.07) is 1.77. The fraction of sp³-hybridized carbons (Fsp3) is 0.571. The van der Waals surface area contributed by atoms with Crippen molar-refractivity contribution in [3.63, 3.8) is 0 Å². The third-order valence-electron chi connectivity index (χ3n) is 3.07. The minimum absolute atomic E-state index is 0.371. The predicted octanol–water partition coefficient (Wildman–Crippen LogP) is 2.00. The van der Waals surface area contributed by atoms with E-state index in [0.29, 0.717) is 48.0 Å². The Morgan fingerprint density at radius 3 is 2.75 bits per heavy atom. The Hall–Kier alpha value is -1.82. The highest BCUT2D eigenvalue weighted by molar-refractivity contribution is 5.46. The van der Waals surface area contributed by atoms with Crippen molar-refractivity contribution in [2.24, 2.45) is 17.6 Å². The minimum atomic E-state index is 0.371. The highest BCUT2D eigenvalue weighted by Gasteiger charge is 2.16. The maximum Gasteiger partial charge on any atom is 0.227 e. The molecule has 6 nitrogen and oxygen atoms in total. The Balaban J connectivity index is 2.09. The van der Waals surface area contributed by atoms with Gasteiger partial charge in [0, 0.05) is 12.6 Å². The van der Waals surface area contributed by atoms with Crippen LogP contribution in [0, 0.1) is 18.8 Å². The first-order chi connectivity index (χ1) is 9.58. The number of nitrogens with zero attached hydrogens (tertiary/aromatic N) is 4. The Kier molecular flexibility index (Phi) is 4.79. The van der Waals surface area contributed by atoms with E-state index < -0.39 is 0 Å². The van der Waals surface area contributed by atoms with Crippen LogP contribution in [-0.4, -0.2) is 26.7 Å². The van der Waals surface area contributed by atoms with Crippen molar-refractivity contribution < 1.29 is 4.52 Å². The van der Waals surface area contributed by atoms with Gasteiger partial charge in [-0.1, -0.05) is 19.0 Å². The van der Waals surface area contributed by atoms with Crippen LogP contribution in [-0.2, 0) is 6.42 Å². The van der Waals surface area contributed by atoms with E-state index in [1.807, 2.05) is 6.92 Å². The van der Waals surface area contributed by atoms with Crippen molar-refractivity contribution >= 4 is 0 Å². The molecule has 0 saturated carbocycles. The van der Waals surface area contributed by atoms with Gasteiger partial charge in [0.05, 0.1) is 0 Å². The second kappa shape index (κ2) is 6.56. The van der Waals surface area contributed by atoms with E-state index in [1.54, 1.807) is 12.3 Å². The predicted molar refractivity (Wildman–Crippen MR) is 75.8 cm³/mol. The molecule has 0 aliphatic heterocycles. The lowest BCUT2D eigenvalue weighted by molar-refractivity contribution is 0.332. The number of hydrogen-bond acceptors (Lipinski definition) is 6. The molecular weight excluding hydrogens is 254 g/mol. The van der Waals surface area contributed by atoms with Crippen LogP contribution in [0.5, 0.6) is 0 Å². The second-order valence-corrected chi connectivity index (χ2v) is 5.44. The third kappa shape index (κ3) is 3.84. The van der Waals surface area contributed by atoms with E-state index in [1.165, 1.54) is 0 Å². The van der Waals surface area contributed by atoms with Crippen LogP contribution in [0.4, 0.5) is 0 Å². The van der Waals surface area contributed by atoms with Gasteiger partial charge in [0.15, 0.2) is 0 Å². The van der Waals surface area contributed by atoms with Gasteiger partial charge < -0.3 is 10.3 Å². The maximum absolute atomic E-state index is 5.80. The SMILES string of the molecule is Cc1nccc(-c2noc(C[C@@H](CN)CC(C)C)n2)n1. The normalized spacial score (nSPS) is 12.8. The summed E-state index contributed by atoms with van der Waals surface area (Å²) in [7, 11) is 0. The highest BCUT2D eigenvalue weighted by Crippen LogP contribution is 2.18. The highest BCUT2D eigenvalue weighted by atomic mass is 16.5. The molecule has 2 aromatic heterocycles. The van der Waals surface area contributed by atoms with Gasteiger partial charge in [0.2, 0.25) is 11.7 Å². The van der Waals surface area contributed by atoms with Crippen LogP contribution >= 0.6 is 0 Å². The lowest BCUT2D eigenvalue weighted by atomic mass is 9.94. The molecule has 0 unspecified atom stereocenters. The van der Waals surface area contributed by atoms with Crippen LogP contribution in [0.2, 0.25) is 0 Å². The first kappa shape index (κ1) is 14.6. The molecule has 0 spiro atoms. The van der Waals surface area contributed by atoms with Crippen LogP contribution in [0.1, 0.15) is 32.0 Å². The Labute approximate surface area is 118 Å². The zero-order valence-corrected chi connectivity index (χ0v) is 12.2. The largest absolute Gasteiger partial charge is 0.339 e. The lowest BCUT2D eigenvalue weighted by Crippen LogP contribution is -2.19. The van der Waals surface area contributed by atoms with Crippen molar-refractivity contribution in [3.05, 3.63) is 24.0 Å². The van der Waals surface area contributed by atoms with E-state index in [9.17, 15) is 0 Å². The van der Waals surface area contributed by atoms with Gasteiger partial charge in [0.25, 0.3) is 0 Å². The number of rotatable bonds is 6. The number of nitrogens with two attached hydrogens (primary N) is 1. The van der Waals surface area contributed by atoms with Crippen molar-refractivity contribution in [1.29, 1.82) is 0 Å². The smallest absolute Gasteiger partial charge is 0.227 e. The summed E-state index contributed by atoms with van der Waals surface area (Å²) < 4.78 is 5.30. The molecule has 0 radical (unpaired) electrons. The van der Waals surface area contributed by atoms with Crippen LogP contribution in [0.15, 0.2) is 16.8 Å². The fourth-order valence-corrected chi connectivity index (χ4v) is 2.20. The minimum Gasteiger partial charge on any atom is -0.339 e.